The predicted octanol–water partition coefficient (Wildman–Crippen LogP) is 0.528. The molecule has 0 spiro atoms. The molecule has 0 radical (unpaired) electrons. The zero-order valence-electron chi connectivity index (χ0n) is 17.0. The van der Waals surface area contributed by atoms with Crippen LogP contribution < -0.4 is 19.5 Å². The van der Waals surface area contributed by atoms with Crippen LogP contribution in [0, 0.1) is 0 Å². The molecule has 14 nitrogen and oxygen atoms in total. The minimum absolute atomic E-state index is 0.0949. The van der Waals surface area contributed by atoms with Gasteiger partial charge >= 0.3 is 0 Å². The van der Waals surface area contributed by atoms with Crippen LogP contribution in [0.5, 0.6) is 17.2 Å². The third-order valence-corrected chi connectivity index (χ3v) is 4.13. The van der Waals surface area contributed by atoms with Gasteiger partial charge in [-0.05, 0) is 19.1 Å². The number of nitrogens with zero attached hydrogens (tertiary/aromatic N) is 6. The largest absolute Gasteiger partial charge is 0.483 e. The molecule has 4 rings (SSSR count). The molecule has 3 aromatic heterocycles. The highest BCUT2D eigenvalue weighted by molar-refractivity contribution is 5.95. The quantitative estimate of drug-likeness (QED) is 0.257. The topological polar surface area (TPSA) is 182 Å². The molecule has 3 heterocycles. The SMILES string of the molecule is CCNC(=O)c1cc(OCc2cn[nH]n2)c(OCc2cn[nH]n2)c(OCc2cn[nH]n2)c1. The molecule has 0 unspecified atom stereocenters. The smallest absolute Gasteiger partial charge is 0.251 e. The van der Waals surface area contributed by atoms with E-state index in [1.165, 1.54) is 18.6 Å². The third-order valence-electron chi connectivity index (χ3n) is 4.13. The van der Waals surface area contributed by atoms with Gasteiger partial charge in [0.05, 0.1) is 18.6 Å². The number of nitrogens with one attached hydrogen (secondary N) is 4. The Hall–Kier alpha value is -4.49. The van der Waals surface area contributed by atoms with Gasteiger partial charge in [-0.3, -0.25) is 4.79 Å². The van der Waals surface area contributed by atoms with Gasteiger partial charge < -0.3 is 19.5 Å². The van der Waals surface area contributed by atoms with Crippen molar-refractivity contribution in [2.24, 2.45) is 0 Å². The Morgan fingerprint density at radius 2 is 1.28 bits per heavy atom. The van der Waals surface area contributed by atoms with Gasteiger partial charge in [0.1, 0.15) is 36.9 Å². The lowest BCUT2D eigenvalue weighted by molar-refractivity contribution is 0.0954. The molecule has 0 bridgehead atoms. The average molecular weight is 440 g/mol. The van der Waals surface area contributed by atoms with E-state index in [-0.39, 0.29) is 43.0 Å². The van der Waals surface area contributed by atoms with E-state index < -0.39 is 0 Å². The van der Waals surface area contributed by atoms with Crippen LogP contribution in [0.2, 0.25) is 0 Å². The molecule has 4 aromatic rings. The minimum atomic E-state index is -0.284. The monoisotopic (exact) mass is 440 g/mol. The van der Waals surface area contributed by atoms with Crippen molar-refractivity contribution in [1.29, 1.82) is 0 Å². The van der Waals surface area contributed by atoms with Crippen LogP contribution in [-0.2, 0) is 19.8 Å². The predicted molar refractivity (Wildman–Crippen MR) is 107 cm³/mol. The van der Waals surface area contributed by atoms with Gasteiger partial charge in [0.15, 0.2) is 11.5 Å². The second-order valence-corrected chi connectivity index (χ2v) is 6.41. The maximum absolute atomic E-state index is 12.5. The van der Waals surface area contributed by atoms with Crippen LogP contribution in [0.1, 0.15) is 34.4 Å². The van der Waals surface area contributed by atoms with E-state index in [1.54, 1.807) is 12.1 Å². The van der Waals surface area contributed by atoms with Crippen molar-refractivity contribution in [3.05, 3.63) is 53.4 Å². The van der Waals surface area contributed by atoms with Crippen molar-refractivity contribution in [3.63, 3.8) is 0 Å². The lowest BCUT2D eigenvalue weighted by Gasteiger charge is -2.17. The van der Waals surface area contributed by atoms with Crippen LogP contribution in [-0.4, -0.2) is 58.7 Å². The number of H-pyrrole nitrogens is 3. The van der Waals surface area contributed by atoms with Crippen molar-refractivity contribution >= 4 is 5.91 Å². The highest BCUT2D eigenvalue weighted by atomic mass is 16.5. The fourth-order valence-electron chi connectivity index (χ4n) is 2.66. The number of hydrogen-bond donors (Lipinski definition) is 4. The average Bonchev–Trinajstić information content (AvgIpc) is 3.58. The van der Waals surface area contributed by atoms with E-state index in [4.69, 9.17) is 14.2 Å². The van der Waals surface area contributed by atoms with Crippen molar-refractivity contribution < 1.29 is 19.0 Å². The molecule has 1 amide bonds. The molecule has 4 N–H and O–H groups in total. The number of hydrogen-bond acceptors (Lipinski definition) is 10. The van der Waals surface area contributed by atoms with Gasteiger partial charge in [-0.2, -0.15) is 46.2 Å². The highest BCUT2D eigenvalue weighted by Gasteiger charge is 2.20. The second-order valence-electron chi connectivity index (χ2n) is 6.41. The summed E-state index contributed by atoms with van der Waals surface area (Å²) in [6.45, 7) is 2.58. The van der Waals surface area contributed by atoms with Gasteiger partial charge in [0.25, 0.3) is 5.91 Å². The van der Waals surface area contributed by atoms with Gasteiger partial charge in [-0.15, -0.1) is 0 Å². The van der Waals surface area contributed by atoms with E-state index in [0.717, 1.165) is 0 Å². The summed E-state index contributed by atoms with van der Waals surface area (Å²) in [5.74, 6) is 0.576. The fraction of sp³-hybridized carbons (Fsp3) is 0.278. The molecule has 0 aliphatic rings. The van der Waals surface area contributed by atoms with Crippen molar-refractivity contribution in [2.45, 2.75) is 26.7 Å². The Balaban J connectivity index is 1.66. The molecule has 14 heteroatoms. The fourth-order valence-corrected chi connectivity index (χ4v) is 2.66. The van der Waals surface area contributed by atoms with E-state index >= 15 is 0 Å². The minimum Gasteiger partial charge on any atom is -0.483 e. The number of carbonyl (C=O) groups is 1. The van der Waals surface area contributed by atoms with Crippen molar-refractivity contribution in [3.8, 4) is 17.2 Å². The van der Waals surface area contributed by atoms with E-state index in [2.05, 4.69) is 51.5 Å². The third kappa shape index (κ3) is 5.16. The summed E-state index contributed by atoms with van der Waals surface area (Å²) in [6.07, 6.45) is 4.60. The van der Waals surface area contributed by atoms with Crippen molar-refractivity contribution in [1.82, 2.24) is 51.5 Å². The van der Waals surface area contributed by atoms with Gasteiger partial charge in [0, 0.05) is 12.1 Å². The van der Waals surface area contributed by atoms with Crippen molar-refractivity contribution in [2.75, 3.05) is 6.54 Å². The first-order chi connectivity index (χ1) is 15.7. The van der Waals surface area contributed by atoms with Crippen LogP contribution in [0.3, 0.4) is 0 Å². The lowest BCUT2D eigenvalue weighted by atomic mass is 10.1. The van der Waals surface area contributed by atoms with Crippen LogP contribution in [0.4, 0.5) is 0 Å². The number of amides is 1. The molecule has 0 atom stereocenters. The number of ether oxygens (including phenoxy) is 3. The highest BCUT2D eigenvalue weighted by Crippen LogP contribution is 2.40. The van der Waals surface area contributed by atoms with E-state index in [0.29, 0.717) is 29.2 Å². The van der Waals surface area contributed by atoms with Crippen LogP contribution >= 0.6 is 0 Å². The van der Waals surface area contributed by atoms with Crippen LogP contribution in [0.15, 0.2) is 30.7 Å². The maximum Gasteiger partial charge on any atom is 0.251 e. The number of aromatic amines is 3. The maximum atomic E-state index is 12.5. The Bertz CT molecular complexity index is 1050. The molecule has 0 saturated carbocycles. The Kier molecular flexibility index (Phi) is 6.50. The zero-order chi connectivity index (χ0) is 22.2. The summed E-state index contributed by atoms with van der Waals surface area (Å²) >= 11 is 0. The number of benzene rings is 1. The normalized spacial score (nSPS) is 10.7. The summed E-state index contributed by atoms with van der Waals surface area (Å²) in [4.78, 5) is 12.5. The Morgan fingerprint density at radius 1 is 0.812 bits per heavy atom. The molecule has 0 saturated heterocycles. The molecule has 0 aliphatic carbocycles. The first-order valence-electron chi connectivity index (χ1n) is 9.61. The van der Waals surface area contributed by atoms with Gasteiger partial charge in [-0.25, -0.2) is 0 Å². The van der Waals surface area contributed by atoms with E-state index in [1.807, 2.05) is 6.92 Å². The molecule has 166 valence electrons. The first-order valence-corrected chi connectivity index (χ1v) is 9.61. The van der Waals surface area contributed by atoms with Gasteiger partial charge in [-0.1, -0.05) is 0 Å². The summed E-state index contributed by atoms with van der Waals surface area (Å²) in [5, 5.41) is 33.6. The number of carbonyl (C=O) groups excluding carboxylic acids is 1. The standard InChI is InChI=1S/C18H20N10O4/c1-2-19-18(29)11-3-15(30-8-12-5-20-26-23-12)17(32-10-14-7-22-28-25-14)16(4-11)31-9-13-6-21-27-24-13/h3-7H,2,8-10H2,1H3,(H,19,29)(H,20,23,26)(H,21,24,27)(H,22,25,28). The molecular weight excluding hydrogens is 420 g/mol. The van der Waals surface area contributed by atoms with E-state index in [9.17, 15) is 4.79 Å². The zero-order valence-corrected chi connectivity index (χ0v) is 17.0. The lowest BCUT2D eigenvalue weighted by Crippen LogP contribution is -2.22. The van der Waals surface area contributed by atoms with Crippen LogP contribution in [0.25, 0.3) is 0 Å². The summed E-state index contributed by atoms with van der Waals surface area (Å²) < 4.78 is 17.8. The molecule has 0 fully saturated rings. The molecule has 0 aliphatic heterocycles. The molecular formula is C18H20N10O4. The Morgan fingerprint density at radius 3 is 1.69 bits per heavy atom. The Labute approximate surface area is 181 Å². The van der Waals surface area contributed by atoms with Gasteiger partial charge in [0.2, 0.25) is 5.75 Å². The molecule has 32 heavy (non-hydrogen) atoms. The first kappa shape index (κ1) is 20.8. The number of rotatable bonds is 11. The summed E-state index contributed by atoms with van der Waals surface area (Å²) in [7, 11) is 0. The number of aromatic nitrogens is 9. The second kappa shape index (κ2) is 10.0. The summed E-state index contributed by atoms with van der Waals surface area (Å²) in [5.41, 5.74) is 2.05. The summed E-state index contributed by atoms with van der Waals surface area (Å²) in [6, 6.07) is 3.15. The molecule has 1 aromatic carbocycles.